The highest BCUT2D eigenvalue weighted by Gasteiger charge is 2.41. The number of aromatic amines is 1. The second kappa shape index (κ2) is 4.06. The van der Waals surface area contributed by atoms with Crippen LogP contribution in [0.5, 0.6) is 0 Å². The summed E-state index contributed by atoms with van der Waals surface area (Å²) in [4.78, 5) is 24.0. The van der Waals surface area contributed by atoms with E-state index >= 15 is 0 Å². The van der Waals surface area contributed by atoms with Crippen LogP contribution < -0.4 is 11.2 Å². The average molecular weight is 246 g/mol. The lowest BCUT2D eigenvalue weighted by Crippen LogP contribution is -2.38. The molecule has 1 aromatic heterocycles. The molecular formula is C9H11FN2O5. The lowest BCUT2D eigenvalue weighted by atomic mass is 10.1. The number of ether oxygens (including phenoxy) is 1. The number of nitrogens with zero attached hydrogens (tertiary/aromatic N) is 1. The van der Waals surface area contributed by atoms with Gasteiger partial charge in [-0.05, 0) is 6.92 Å². The summed E-state index contributed by atoms with van der Waals surface area (Å²) in [5, 5.41) is 19.1. The van der Waals surface area contributed by atoms with Gasteiger partial charge in [0.25, 0.3) is 5.56 Å². The van der Waals surface area contributed by atoms with Gasteiger partial charge in [0.2, 0.25) is 5.82 Å². The Balaban J connectivity index is 2.46. The lowest BCUT2D eigenvalue weighted by molar-refractivity contribution is -0.0356. The molecule has 1 aliphatic rings. The summed E-state index contributed by atoms with van der Waals surface area (Å²) in [5.41, 5.74) is -2.06. The van der Waals surface area contributed by atoms with Crippen LogP contribution >= 0.6 is 0 Å². The predicted octanol–water partition coefficient (Wildman–Crippen LogP) is -1.69. The Morgan fingerprint density at radius 2 is 2.06 bits per heavy atom. The first kappa shape index (κ1) is 12.0. The SMILES string of the molecule is C[C@H]1O[C@@H](n2cc(F)c(=O)[nH]c2=O)C(O)[C@H]1O. The van der Waals surface area contributed by atoms with Gasteiger partial charge in [0, 0.05) is 0 Å². The first-order valence-electron chi connectivity index (χ1n) is 4.94. The zero-order valence-electron chi connectivity index (χ0n) is 8.83. The summed E-state index contributed by atoms with van der Waals surface area (Å²) in [6, 6.07) is 0. The fraction of sp³-hybridized carbons (Fsp3) is 0.556. The molecule has 94 valence electrons. The molecule has 2 rings (SSSR count). The van der Waals surface area contributed by atoms with Crippen molar-refractivity contribution in [3.63, 3.8) is 0 Å². The molecule has 4 atom stereocenters. The minimum Gasteiger partial charge on any atom is -0.388 e. The molecule has 1 aliphatic heterocycles. The number of aromatic nitrogens is 2. The molecule has 0 aromatic carbocycles. The van der Waals surface area contributed by atoms with Crippen molar-refractivity contribution in [1.82, 2.24) is 9.55 Å². The third-order valence-electron chi connectivity index (χ3n) is 2.68. The van der Waals surface area contributed by atoms with E-state index in [0.29, 0.717) is 10.8 Å². The van der Waals surface area contributed by atoms with Gasteiger partial charge in [-0.3, -0.25) is 14.3 Å². The number of H-pyrrole nitrogens is 1. The second-order valence-corrected chi connectivity index (χ2v) is 3.86. The minimum atomic E-state index is -1.37. The van der Waals surface area contributed by atoms with Crippen LogP contribution in [0.1, 0.15) is 13.2 Å². The number of hydrogen-bond acceptors (Lipinski definition) is 5. The highest BCUT2D eigenvalue weighted by Crippen LogP contribution is 2.27. The van der Waals surface area contributed by atoms with Gasteiger partial charge in [0.15, 0.2) is 6.23 Å². The van der Waals surface area contributed by atoms with Gasteiger partial charge in [-0.25, -0.2) is 4.79 Å². The van der Waals surface area contributed by atoms with E-state index in [1.165, 1.54) is 6.92 Å². The lowest BCUT2D eigenvalue weighted by Gasteiger charge is -2.16. The topological polar surface area (TPSA) is 105 Å². The molecule has 3 N–H and O–H groups in total. The second-order valence-electron chi connectivity index (χ2n) is 3.86. The zero-order chi connectivity index (χ0) is 12.7. The molecule has 8 heteroatoms. The summed E-state index contributed by atoms with van der Waals surface area (Å²) >= 11 is 0. The Morgan fingerprint density at radius 1 is 1.41 bits per heavy atom. The highest BCUT2D eigenvalue weighted by molar-refractivity contribution is 4.93. The van der Waals surface area contributed by atoms with E-state index in [4.69, 9.17) is 4.74 Å². The van der Waals surface area contributed by atoms with E-state index < -0.39 is 41.6 Å². The predicted molar refractivity (Wildman–Crippen MR) is 52.9 cm³/mol. The quantitative estimate of drug-likeness (QED) is 0.548. The van der Waals surface area contributed by atoms with Crippen molar-refractivity contribution in [3.05, 3.63) is 32.9 Å². The molecule has 0 bridgehead atoms. The van der Waals surface area contributed by atoms with E-state index in [1.54, 1.807) is 4.98 Å². The minimum absolute atomic E-state index is 0.639. The molecule has 1 saturated heterocycles. The molecule has 7 nitrogen and oxygen atoms in total. The zero-order valence-corrected chi connectivity index (χ0v) is 8.83. The number of halogens is 1. The summed E-state index contributed by atoms with van der Waals surface area (Å²) < 4.78 is 18.9. The van der Waals surface area contributed by atoms with Crippen LogP contribution in [0.25, 0.3) is 0 Å². The standard InChI is InChI=1S/C9H11FN2O5/c1-3-5(13)6(14)8(17-3)12-2-4(10)7(15)11-9(12)16/h2-3,5-6,8,13-14H,1H3,(H,11,15,16)/t3-,5+,6?,8-/m1/s1. The van der Waals surface area contributed by atoms with E-state index in [0.717, 1.165) is 0 Å². The van der Waals surface area contributed by atoms with Gasteiger partial charge in [-0.1, -0.05) is 0 Å². The van der Waals surface area contributed by atoms with Crippen molar-refractivity contribution in [2.75, 3.05) is 0 Å². The van der Waals surface area contributed by atoms with E-state index in [1.807, 2.05) is 0 Å². The fourth-order valence-electron chi connectivity index (χ4n) is 1.71. The Bertz CT molecular complexity index is 539. The molecule has 0 aliphatic carbocycles. The molecule has 0 radical (unpaired) electrons. The van der Waals surface area contributed by atoms with Gasteiger partial charge in [0.1, 0.15) is 12.2 Å². The molecule has 1 unspecified atom stereocenters. The monoisotopic (exact) mass is 246 g/mol. The molecular weight excluding hydrogens is 235 g/mol. The number of rotatable bonds is 1. The normalized spacial score (nSPS) is 32.9. The van der Waals surface area contributed by atoms with Crippen LogP contribution in [0.4, 0.5) is 4.39 Å². The first-order chi connectivity index (χ1) is 7.91. The van der Waals surface area contributed by atoms with Crippen molar-refractivity contribution < 1.29 is 19.3 Å². The summed E-state index contributed by atoms with van der Waals surface area (Å²) in [6.07, 6.45) is -3.83. The maximum Gasteiger partial charge on any atom is 0.330 e. The van der Waals surface area contributed by atoms with E-state index in [2.05, 4.69) is 0 Å². The third kappa shape index (κ3) is 1.90. The third-order valence-corrected chi connectivity index (χ3v) is 2.68. The van der Waals surface area contributed by atoms with Crippen LogP contribution in [0, 0.1) is 5.82 Å². The maximum absolute atomic E-state index is 13.0. The number of nitrogens with one attached hydrogen (secondary N) is 1. The number of hydrogen-bond donors (Lipinski definition) is 3. The fourth-order valence-corrected chi connectivity index (χ4v) is 1.71. The van der Waals surface area contributed by atoms with Gasteiger partial charge in [-0.15, -0.1) is 0 Å². The Labute approximate surface area is 94.1 Å². The summed E-state index contributed by atoms with van der Waals surface area (Å²) in [6.45, 7) is 1.50. The Morgan fingerprint density at radius 3 is 2.59 bits per heavy atom. The van der Waals surface area contributed by atoms with Gasteiger partial charge in [-0.2, -0.15) is 4.39 Å². The molecule has 0 amide bonds. The van der Waals surface area contributed by atoms with Crippen LogP contribution in [0.15, 0.2) is 15.8 Å². The largest absolute Gasteiger partial charge is 0.388 e. The van der Waals surface area contributed by atoms with Gasteiger partial charge >= 0.3 is 5.69 Å². The summed E-state index contributed by atoms with van der Waals surface area (Å²) in [7, 11) is 0. The van der Waals surface area contributed by atoms with Crippen molar-refractivity contribution >= 4 is 0 Å². The van der Waals surface area contributed by atoms with Crippen LogP contribution in [0.2, 0.25) is 0 Å². The molecule has 0 saturated carbocycles. The Kier molecular flexibility index (Phi) is 2.86. The van der Waals surface area contributed by atoms with Crippen molar-refractivity contribution in [2.45, 2.75) is 31.5 Å². The molecule has 1 fully saturated rings. The highest BCUT2D eigenvalue weighted by atomic mass is 19.1. The van der Waals surface area contributed by atoms with E-state index in [-0.39, 0.29) is 0 Å². The average Bonchev–Trinajstić information content (AvgIpc) is 2.51. The number of aliphatic hydroxyl groups is 2. The van der Waals surface area contributed by atoms with Crippen molar-refractivity contribution in [3.8, 4) is 0 Å². The van der Waals surface area contributed by atoms with Crippen molar-refractivity contribution in [2.24, 2.45) is 0 Å². The number of aliphatic hydroxyl groups excluding tert-OH is 2. The van der Waals surface area contributed by atoms with Gasteiger partial charge < -0.3 is 14.9 Å². The van der Waals surface area contributed by atoms with Crippen LogP contribution in [-0.4, -0.2) is 38.1 Å². The van der Waals surface area contributed by atoms with Crippen LogP contribution in [-0.2, 0) is 4.74 Å². The first-order valence-corrected chi connectivity index (χ1v) is 4.94. The molecule has 0 spiro atoms. The van der Waals surface area contributed by atoms with Crippen LogP contribution in [0.3, 0.4) is 0 Å². The van der Waals surface area contributed by atoms with Gasteiger partial charge in [0.05, 0.1) is 12.3 Å². The molecule has 1 aromatic rings. The molecule has 2 heterocycles. The van der Waals surface area contributed by atoms with E-state index in [9.17, 15) is 24.2 Å². The van der Waals surface area contributed by atoms with Crippen molar-refractivity contribution in [1.29, 1.82) is 0 Å². The Hall–Kier alpha value is -1.51. The summed E-state index contributed by atoms with van der Waals surface area (Å²) in [5.74, 6) is -1.17. The molecule has 17 heavy (non-hydrogen) atoms. The maximum atomic E-state index is 13.0. The smallest absolute Gasteiger partial charge is 0.330 e.